The number of rotatable bonds is 5. The fraction of sp³-hybridized carbons (Fsp3) is 0.944. The van der Waals surface area contributed by atoms with Crippen LogP contribution in [-0.2, 0) is 4.79 Å². The first-order valence-electron chi connectivity index (χ1n) is 9.43. The number of nitrogens with zero attached hydrogens (tertiary/aromatic N) is 1. The Balaban J connectivity index is 0.000000198. The number of carbonyl (C=O) groups is 1. The second-order valence-electron chi connectivity index (χ2n) is 8.18. The van der Waals surface area contributed by atoms with E-state index in [2.05, 4.69) is 6.92 Å². The summed E-state index contributed by atoms with van der Waals surface area (Å²) in [5, 5.41) is 19.4. The third kappa shape index (κ3) is 4.68. The smallest absolute Gasteiger partial charge is 0.304 e. The van der Waals surface area contributed by atoms with Crippen LogP contribution in [0.15, 0.2) is 0 Å². The number of carboxylic acid groups (broad SMARTS) is 1. The highest BCUT2D eigenvalue weighted by molar-refractivity contribution is 5.68. The lowest BCUT2D eigenvalue weighted by molar-refractivity contribution is -0.506. The quantitative estimate of drug-likeness (QED) is 0.589. The summed E-state index contributed by atoms with van der Waals surface area (Å²) in [5.74, 6) is 0.782. The highest BCUT2D eigenvalue weighted by Gasteiger charge is 2.58. The summed E-state index contributed by atoms with van der Waals surface area (Å²) < 4.78 is 0. The highest BCUT2D eigenvalue weighted by Crippen LogP contribution is 2.60. The van der Waals surface area contributed by atoms with Crippen molar-refractivity contribution in [3.05, 3.63) is 10.1 Å². The second kappa shape index (κ2) is 8.28. The van der Waals surface area contributed by atoms with Gasteiger partial charge in [-0.2, -0.15) is 0 Å². The van der Waals surface area contributed by atoms with Gasteiger partial charge in [0.15, 0.2) is 0 Å². The summed E-state index contributed by atoms with van der Waals surface area (Å²) in [4.78, 5) is 21.0. The van der Waals surface area contributed by atoms with Gasteiger partial charge in [0.1, 0.15) is 0 Å². The predicted octanol–water partition coefficient (Wildman–Crippen LogP) is 3.46. The Kier molecular flexibility index (Phi) is 6.61. The van der Waals surface area contributed by atoms with E-state index in [-0.39, 0.29) is 17.9 Å². The van der Waals surface area contributed by atoms with Gasteiger partial charge >= 0.3 is 5.97 Å². The molecule has 3 rings (SSSR count). The fourth-order valence-corrected chi connectivity index (χ4v) is 5.26. The summed E-state index contributed by atoms with van der Waals surface area (Å²) in [7, 11) is 0. The topological polar surface area (TPSA) is 106 Å². The molecule has 0 saturated heterocycles. The van der Waals surface area contributed by atoms with Crippen LogP contribution in [0.4, 0.5) is 0 Å². The Morgan fingerprint density at radius 3 is 2.38 bits per heavy atom. The van der Waals surface area contributed by atoms with E-state index in [9.17, 15) is 14.9 Å². The molecule has 3 aliphatic rings. The molecule has 6 nitrogen and oxygen atoms in total. The molecule has 0 aromatic carbocycles. The fourth-order valence-electron chi connectivity index (χ4n) is 5.26. The van der Waals surface area contributed by atoms with Gasteiger partial charge < -0.3 is 10.8 Å². The van der Waals surface area contributed by atoms with Crippen LogP contribution in [0.25, 0.3) is 0 Å². The second-order valence-corrected chi connectivity index (χ2v) is 8.18. The average molecular weight is 340 g/mol. The molecule has 0 aliphatic heterocycles. The van der Waals surface area contributed by atoms with Gasteiger partial charge in [-0.25, -0.2) is 0 Å². The van der Waals surface area contributed by atoms with E-state index in [1.54, 1.807) is 0 Å². The monoisotopic (exact) mass is 340 g/mol. The molecule has 6 heteroatoms. The first kappa shape index (κ1) is 19.2. The molecule has 0 spiro atoms. The van der Waals surface area contributed by atoms with Crippen LogP contribution in [0.1, 0.15) is 71.1 Å². The van der Waals surface area contributed by atoms with Crippen LogP contribution in [0.5, 0.6) is 0 Å². The maximum absolute atomic E-state index is 10.8. The van der Waals surface area contributed by atoms with Gasteiger partial charge in [-0.1, -0.05) is 32.1 Å². The molecule has 138 valence electrons. The van der Waals surface area contributed by atoms with Crippen LogP contribution < -0.4 is 5.73 Å². The van der Waals surface area contributed by atoms with Crippen LogP contribution in [0.2, 0.25) is 0 Å². The normalized spacial score (nSPS) is 33.6. The zero-order chi connectivity index (χ0) is 17.7. The van der Waals surface area contributed by atoms with Gasteiger partial charge in [0.25, 0.3) is 0 Å². The average Bonchev–Trinajstić information content (AvgIpc) is 2.90. The summed E-state index contributed by atoms with van der Waals surface area (Å²) in [6, 6.07) is 0.435. The zero-order valence-corrected chi connectivity index (χ0v) is 14.8. The number of aliphatic carboxylic acids is 1. The number of nitro groups is 1. The minimum atomic E-state index is -0.901. The van der Waals surface area contributed by atoms with E-state index in [0.717, 1.165) is 31.6 Å². The van der Waals surface area contributed by atoms with Crippen molar-refractivity contribution in [3.8, 4) is 0 Å². The van der Waals surface area contributed by atoms with Crippen molar-refractivity contribution in [1.82, 2.24) is 0 Å². The Hall–Kier alpha value is -1.17. The van der Waals surface area contributed by atoms with E-state index in [0.29, 0.717) is 17.9 Å². The Morgan fingerprint density at radius 1 is 1.25 bits per heavy atom. The molecule has 3 aliphatic carbocycles. The molecule has 0 aromatic rings. The van der Waals surface area contributed by atoms with Gasteiger partial charge in [0.2, 0.25) is 6.54 Å². The standard InChI is InChI=1S/C10H15NO4.C8H17N/c12-9(13)5-10(6-11(14)15)4-7-2-1-3-8(7)10;1-7(9)8-5-3-2-4-6-8/h7-8H,1-6H2,(H,12,13);7-8H,2-6,9H2,1H3/t7?,8?,10-;7-/m10/s1. The Morgan fingerprint density at radius 2 is 1.92 bits per heavy atom. The van der Waals surface area contributed by atoms with E-state index >= 15 is 0 Å². The van der Waals surface area contributed by atoms with Gasteiger partial charge in [-0.15, -0.1) is 0 Å². The maximum atomic E-state index is 10.8. The first-order chi connectivity index (χ1) is 11.3. The lowest BCUT2D eigenvalue weighted by Gasteiger charge is -2.49. The molecule has 24 heavy (non-hydrogen) atoms. The lowest BCUT2D eigenvalue weighted by atomic mass is 9.53. The number of hydrogen-bond donors (Lipinski definition) is 2. The van der Waals surface area contributed by atoms with E-state index in [4.69, 9.17) is 10.8 Å². The summed E-state index contributed by atoms with van der Waals surface area (Å²) in [6.07, 6.45) is 10.9. The maximum Gasteiger partial charge on any atom is 0.304 e. The number of hydrogen-bond acceptors (Lipinski definition) is 4. The lowest BCUT2D eigenvalue weighted by Crippen LogP contribution is -2.50. The third-order valence-corrected chi connectivity index (χ3v) is 6.46. The summed E-state index contributed by atoms with van der Waals surface area (Å²) in [5.41, 5.74) is 5.24. The van der Waals surface area contributed by atoms with Gasteiger partial charge in [-0.3, -0.25) is 14.9 Å². The van der Waals surface area contributed by atoms with Crippen molar-refractivity contribution in [2.24, 2.45) is 28.9 Å². The van der Waals surface area contributed by atoms with Crippen molar-refractivity contribution >= 4 is 5.97 Å². The van der Waals surface area contributed by atoms with E-state index in [1.165, 1.54) is 32.1 Å². The molecule has 0 radical (unpaired) electrons. The van der Waals surface area contributed by atoms with Crippen LogP contribution >= 0.6 is 0 Å². The number of carboxylic acids is 1. The third-order valence-electron chi connectivity index (χ3n) is 6.46. The summed E-state index contributed by atoms with van der Waals surface area (Å²) in [6.45, 7) is 1.97. The molecular weight excluding hydrogens is 308 g/mol. The van der Waals surface area contributed by atoms with Crippen molar-refractivity contribution in [2.75, 3.05) is 6.54 Å². The SMILES string of the molecule is C[C@H](N)C1CCCCC1.O=C(O)C[C@@]1(C[N+](=O)[O-])CC2CCCC21. The molecular formula is C18H32N2O4. The molecule has 3 saturated carbocycles. The summed E-state index contributed by atoms with van der Waals surface area (Å²) >= 11 is 0. The largest absolute Gasteiger partial charge is 0.481 e. The Labute approximate surface area is 144 Å². The molecule has 2 unspecified atom stereocenters. The highest BCUT2D eigenvalue weighted by atomic mass is 16.6. The van der Waals surface area contributed by atoms with Crippen molar-refractivity contribution in [3.63, 3.8) is 0 Å². The van der Waals surface area contributed by atoms with E-state index < -0.39 is 11.4 Å². The molecule has 0 heterocycles. The van der Waals surface area contributed by atoms with Gasteiger partial charge in [-0.05, 0) is 50.4 Å². The van der Waals surface area contributed by atoms with Crippen molar-refractivity contribution < 1.29 is 14.8 Å². The van der Waals surface area contributed by atoms with Gasteiger partial charge in [0, 0.05) is 16.4 Å². The van der Waals surface area contributed by atoms with E-state index in [1.807, 2.05) is 0 Å². The minimum absolute atomic E-state index is 0.0326. The van der Waals surface area contributed by atoms with Crippen molar-refractivity contribution in [1.29, 1.82) is 0 Å². The van der Waals surface area contributed by atoms with Gasteiger partial charge in [0.05, 0.1) is 6.42 Å². The molecule has 0 amide bonds. The number of fused-ring (bicyclic) bond motifs is 1. The molecule has 3 fully saturated rings. The van der Waals surface area contributed by atoms with Crippen LogP contribution in [-0.4, -0.2) is 28.6 Å². The number of nitrogens with two attached hydrogens (primary N) is 1. The zero-order valence-electron chi connectivity index (χ0n) is 14.8. The minimum Gasteiger partial charge on any atom is -0.481 e. The Bertz CT molecular complexity index is 430. The van der Waals surface area contributed by atoms with Crippen LogP contribution in [0, 0.1) is 33.3 Å². The van der Waals surface area contributed by atoms with Crippen LogP contribution in [0.3, 0.4) is 0 Å². The van der Waals surface area contributed by atoms with Crippen molar-refractivity contribution in [2.45, 2.75) is 77.2 Å². The molecule has 0 bridgehead atoms. The molecule has 4 atom stereocenters. The molecule has 3 N–H and O–H groups in total. The predicted molar refractivity (Wildman–Crippen MR) is 92.2 cm³/mol. The molecule has 0 aromatic heterocycles. The first-order valence-corrected chi connectivity index (χ1v) is 9.43.